The van der Waals surface area contributed by atoms with Gasteiger partial charge in [-0.05, 0) is 37.1 Å². The number of benzene rings is 2. The van der Waals surface area contributed by atoms with Crippen molar-refractivity contribution in [1.29, 1.82) is 0 Å². The normalized spacial score (nSPS) is 21.7. The van der Waals surface area contributed by atoms with E-state index in [1.807, 2.05) is 32.0 Å². The highest BCUT2D eigenvalue weighted by Crippen LogP contribution is 2.33. The number of carbonyl (C=O) groups is 5. The quantitative estimate of drug-likeness (QED) is 0.169. The van der Waals surface area contributed by atoms with E-state index in [1.165, 1.54) is 7.11 Å². The van der Waals surface area contributed by atoms with Gasteiger partial charge in [-0.3, -0.25) is 29.0 Å². The van der Waals surface area contributed by atoms with Gasteiger partial charge >= 0.3 is 23.9 Å². The first-order valence-corrected chi connectivity index (χ1v) is 20.1. The zero-order chi connectivity index (χ0) is 43.4. The van der Waals surface area contributed by atoms with Crippen LogP contribution in [0.25, 0.3) is 0 Å². The van der Waals surface area contributed by atoms with Gasteiger partial charge in [-0.2, -0.15) is 0 Å². The van der Waals surface area contributed by atoms with Gasteiger partial charge in [-0.25, -0.2) is 4.79 Å². The zero-order valence-electron chi connectivity index (χ0n) is 35.9. The van der Waals surface area contributed by atoms with Crippen LogP contribution >= 0.6 is 0 Å². The summed E-state index contributed by atoms with van der Waals surface area (Å²) in [7, 11) is 2.66. The average molecular weight is 828 g/mol. The number of hydrogen-bond acceptors (Lipinski definition) is 15. The zero-order valence-corrected chi connectivity index (χ0v) is 35.9. The van der Waals surface area contributed by atoms with Crippen LogP contribution in [0.3, 0.4) is 0 Å². The Balaban J connectivity index is 1.63. The minimum absolute atomic E-state index is 0.0609. The molecule has 0 unspecified atom stereocenters. The van der Waals surface area contributed by atoms with E-state index in [2.05, 4.69) is 15.1 Å². The molecular formula is C43H61N3O13. The topological polar surface area (TPSA) is 178 Å². The van der Waals surface area contributed by atoms with E-state index < -0.39 is 78.4 Å². The Hall–Kier alpha value is -4.77. The van der Waals surface area contributed by atoms with Crippen LogP contribution in [0.15, 0.2) is 42.5 Å². The lowest BCUT2D eigenvalue weighted by Crippen LogP contribution is -2.65. The molecule has 0 saturated carbocycles. The third-order valence-corrected chi connectivity index (χ3v) is 9.96. The highest BCUT2D eigenvalue weighted by atomic mass is 16.7. The first-order chi connectivity index (χ1) is 28.0. The number of rotatable bonds is 18. The minimum atomic E-state index is -1.64. The van der Waals surface area contributed by atoms with Gasteiger partial charge in [0.25, 0.3) is 0 Å². The number of anilines is 1. The fourth-order valence-corrected chi connectivity index (χ4v) is 6.48. The largest absolute Gasteiger partial charge is 0.493 e. The summed E-state index contributed by atoms with van der Waals surface area (Å²) in [5.41, 5.74) is 2.79. The van der Waals surface area contributed by atoms with Crippen LogP contribution in [0, 0.1) is 31.6 Å². The molecule has 2 fully saturated rings. The maximum absolute atomic E-state index is 13.4. The fourth-order valence-electron chi connectivity index (χ4n) is 6.48. The van der Waals surface area contributed by atoms with Gasteiger partial charge in [-0.1, -0.05) is 71.9 Å². The van der Waals surface area contributed by atoms with Crippen LogP contribution in [0.4, 0.5) is 5.69 Å². The Morgan fingerprint density at radius 2 is 1.24 bits per heavy atom. The second-order valence-corrected chi connectivity index (χ2v) is 15.7. The van der Waals surface area contributed by atoms with Crippen molar-refractivity contribution < 1.29 is 61.9 Å². The molecule has 16 heteroatoms. The molecule has 0 spiro atoms. The van der Waals surface area contributed by atoms with E-state index in [4.69, 9.17) is 37.9 Å². The monoisotopic (exact) mass is 827 g/mol. The molecule has 2 aromatic carbocycles. The SMILES string of the molecule is COC(=O)[C@H]1O[C@@H](O[C@@H](COc2ccccc2OC)CN2CCN(CC(=O)Nc3c(C)cccc3C)CC2)[C@H](OC(=O)C(C)C)[C@@H](OC(=O)C(C)C)[C@@H]1OC(=O)C(C)C. The number of nitrogens with one attached hydrogen (secondary N) is 1. The van der Waals surface area contributed by atoms with Gasteiger partial charge in [0.15, 0.2) is 42.2 Å². The number of amides is 1. The molecule has 326 valence electrons. The predicted molar refractivity (Wildman–Crippen MR) is 216 cm³/mol. The smallest absolute Gasteiger partial charge is 0.339 e. The molecule has 1 N–H and O–H groups in total. The maximum atomic E-state index is 13.4. The summed E-state index contributed by atoms with van der Waals surface area (Å²) in [4.78, 5) is 70.3. The van der Waals surface area contributed by atoms with Crippen molar-refractivity contribution >= 4 is 35.5 Å². The number of esters is 4. The van der Waals surface area contributed by atoms with Crippen LogP contribution in [0.5, 0.6) is 11.5 Å². The average Bonchev–Trinajstić information content (AvgIpc) is 3.20. The summed E-state index contributed by atoms with van der Waals surface area (Å²) in [5.74, 6) is -4.12. The Morgan fingerprint density at radius 3 is 1.78 bits per heavy atom. The van der Waals surface area contributed by atoms with Crippen LogP contribution in [0.2, 0.25) is 0 Å². The van der Waals surface area contributed by atoms with Gasteiger partial charge in [-0.15, -0.1) is 0 Å². The van der Waals surface area contributed by atoms with Crippen molar-refractivity contribution in [2.45, 2.75) is 92.2 Å². The number of para-hydroxylation sites is 3. The molecule has 0 bridgehead atoms. The van der Waals surface area contributed by atoms with Crippen molar-refractivity contribution in [2.24, 2.45) is 17.8 Å². The van der Waals surface area contributed by atoms with E-state index >= 15 is 0 Å². The van der Waals surface area contributed by atoms with E-state index in [-0.39, 0.29) is 25.6 Å². The van der Waals surface area contributed by atoms with Crippen LogP contribution in [0.1, 0.15) is 52.7 Å². The summed E-state index contributed by atoms with van der Waals surface area (Å²) >= 11 is 0. The van der Waals surface area contributed by atoms with E-state index in [0.717, 1.165) is 23.9 Å². The van der Waals surface area contributed by atoms with E-state index in [1.54, 1.807) is 65.8 Å². The van der Waals surface area contributed by atoms with Gasteiger partial charge in [0.05, 0.1) is 38.5 Å². The molecule has 2 heterocycles. The molecule has 2 aliphatic heterocycles. The maximum Gasteiger partial charge on any atom is 0.339 e. The lowest BCUT2D eigenvalue weighted by Gasteiger charge is -2.45. The first-order valence-electron chi connectivity index (χ1n) is 20.1. The third-order valence-electron chi connectivity index (χ3n) is 9.96. The number of carbonyl (C=O) groups excluding carboxylic acids is 5. The first kappa shape index (κ1) is 46.9. The van der Waals surface area contributed by atoms with Crippen molar-refractivity contribution in [3.8, 4) is 11.5 Å². The Bertz CT molecular complexity index is 1720. The molecule has 0 radical (unpaired) electrons. The molecular weight excluding hydrogens is 766 g/mol. The lowest BCUT2D eigenvalue weighted by atomic mass is 9.97. The highest BCUT2D eigenvalue weighted by molar-refractivity contribution is 5.93. The van der Waals surface area contributed by atoms with Crippen LogP contribution in [-0.4, -0.2) is 136 Å². The standard InChI is InChI=1S/C43H61N3O13/c1-25(2)39(48)56-35-36(57-40(49)26(3)4)38(58-41(50)27(5)6)43(59-37(35)42(51)53-10)55-30(24-54-32-17-12-11-16-31(32)52-9)22-45-18-20-46(21-19-45)23-33(47)44-34-28(7)14-13-15-29(34)8/h11-17,25-27,30,35-38,43H,18-24H2,1-10H3,(H,44,47)/t30-,35+,36+,37+,38-,43-/m1/s1. The molecule has 0 aromatic heterocycles. The Morgan fingerprint density at radius 1 is 0.712 bits per heavy atom. The van der Waals surface area contributed by atoms with Crippen molar-refractivity contribution in [3.05, 3.63) is 53.6 Å². The van der Waals surface area contributed by atoms with Gasteiger partial charge in [0.1, 0.15) is 12.7 Å². The predicted octanol–water partition coefficient (Wildman–Crippen LogP) is 3.93. The third kappa shape index (κ3) is 13.1. The second kappa shape index (κ2) is 22.0. The number of piperazine rings is 1. The number of nitrogens with zero attached hydrogens (tertiary/aromatic N) is 2. The van der Waals surface area contributed by atoms with Gasteiger partial charge in [0, 0.05) is 38.4 Å². The summed E-state index contributed by atoms with van der Waals surface area (Å²) in [5, 5.41) is 3.05. The number of aryl methyl sites for hydroxylation is 2. The highest BCUT2D eigenvalue weighted by Gasteiger charge is 2.56. The molecule has 4 rings (SSSR count). The Labute approximate surface area is 347 Å². The molecule has 59 heavy (non-hydrogen) atoms. The minimum Gasteiger partial charge on any atom is -0.493 e. The molecule has 6 atom stereocenters. The summed E-state index contributed by atoms with van der Waals surface area (Å²) in [6.07, 6.45) is -8.60. The number of methoxy groups -OCH3 is 2. The van der Waals surface area contributed by atoms with Crippen molar-refractivity contribution in [3.63, 3.8) is 0 Å². The van der Waals surface area contributed by atoms with Crippen LogP contribution in [-0.2, 0) is 52.4 Å². The van der Waals surface area contributed by atoms with Crippen LogP contribution < -0.4 is 14.8 Å². The summed E-state index contributed by atoms with van der Waals surface area (Å²) < 4.78 is 47.4. The van der Waals surface area contributed by atoms with Gasteiger partial charge < -0.3 is 43.2 Å². The second-order valence-electron chi connectivity index (χ2n) is 15.7. The fraction of sp³-hybridized carbons (Fsp3) is 0.605. The molecule has 2 aromatic rings. The van der Waals surface area contributed by atoms with Crippen molar-refractivity contribution in [2.75, 3.05) is 65.4 Å². The summed E-state index contributed by atoms with van der Waals surface area (Å²) in [6.45, 7) is 16.3. The summed E-state index contributed by atoms with van der Waals surface area (Å²) in [6, 6.07) is 13.0. The van der Waals surface area contributed by atoms with Crippen molar-refractivity contribution in [1.82, 2.24) is 9.80 Å². The van der Waals surface area contributed by atoms with E-state index in [9.17, 15) is 24.0 Å². The molecule has 1 amide bonds. The number of ether oxygens (including phenoxy) is 8. The molecule has 2 saturated heterocycles. The molecule has 0 aliphatic carbocycles. The van der Waals surface area contributed by atoms with E-state index in [0.29, 0.717) is 37.7 Å². The Kier molecular flexibility index (Phi) is 17.5. The molecule has 2 aliphatic rings. The molecule has 16 nitrogen and oxygen atoms in total. The lowest BCUT2D eigenvalue weighted by molar-refractivity contribution is -0.314. The van der Waals surface area contributed by atoms with Gasteiger partial charge in [0.2, 0.25) is 5.91 Å². The number of hydrogen-bond donors (Lipinski definition) is 1.